The van der Waals surface area contributed by atoms with E-state index in [0.29, 0.717) is 10.7 Å². The SMILES string of the molecule is Cc1ccc(Cl)cc1NC(=O)[C@@H]1CC(=O)N(c2cccc(C(F)(F)F)c2)C1. The van der Waals surface area contributed by atoms with Crippen molar-refractivity contribution >= 4 is 34.8 Å². The molecule has 0 bridgehead atoms. The van der Waals surface area contributed by atoms with Crippen molar-refractivity contribution in [3.63, 3.8) is 0 Å². The quantitative estimate of drug-likeness (QED) is 0.820. The maximum Gasteiger partial charge on any atom is 0.416 e. The normalized spacial score (nSPS) is 17.3. The number of hydrogen-bond donors (Lipinski definition) is 1. The Morgan fingerprint density at radius 3 is 2.67 bits per heavy atom. The van der Waals surface area contributed by atoms with E-state index in [9.17, 15) is 22.8 Å². The molecule has 142 valence electrons. The summed E-state index contributed by atoms with van der Waals surface area (Å²) in [6.45, 7) is 1.83. The number of benzene rings is 2. The lowest BCUT2D eigenvalue weighted by atomic mass is 10.1. The number of aryl methyl sites for hydroxylation is 1. The van der Waals surface area contributed by atoms with Gasteiger partial charge < -0.3 is 10.2 Å². The van der Waals surface area contributed by atoms with Gasteiger partial charge in [0.15, 0.2) is 0 Å². The maximum atomic E-state index is 12.9. The molecule has 2 amide bonds. The Bertz CT molecular complexity index is 899. The summed E-state index contributed by atoms with van der Waals surface area (Å²) in [5.74, 6) is -1.43. The molecule has 4 nitrogen and oxygen atoms in total. The van der Waals surface area contributed by atoms with Gasteiger partial charge in [-0.25, -0.2) is 0 Å². The van der Waals surface area contributed by atoms with Gasteiger partial charge in [0.05, 0.1) is 11.5 Å². The fourth-order valence-corrected chi connectivity index (χ4v) is 3.12. The highest BCUT2D eigenvalue weighted by Gasteiger charge is 2.37. The van der Waals surface area contributed by atoms with E-state index >= 15 is 0 Å². The molecule has 0 aromatic heterocycles. The fourth-order valence-electron chi connectivity index (χ4n) is 2.95. The van der Waals surface area contributed by atoms with Gasteiger partial charge in [-0.3, -0.25) is 9.59 Å². The fraction of sp³-hybridized carbons (Fsp3) is 0.263. The predicted molar refractivity (Wildman–Crippen MR) is 96.7 cm³/mol. The second kappa shape index (κ2) is 7.23. The lowest BCUT2D eigenvalue weighted by Gasteiger charge is -2.18. The molecule has 1 fully saturated rings. The summed E-state index contributed by atoms with van der Waals surface area (Å²) in [7, 11) is 0. The number of halogens is 4. The molecule has 1 heterocycles. The van der Waals surface area contributed by atoms with Crippen LogP contribution in [0.25, 0.3) is 0 Å². The van der Waals surface area contributed by atoms with E-state index in [0.717, 1.165) is 17.7 Å². The molecule has 1 aliphatic heterocycles. The molecule has 1 aliphatic rings. The minimum Gasteiger partial charge on any atom is -0.325 e. The summed E-state index contributed by atoms with van der Waals surface area (Å²) in [6.07, 6.45) is -4.57. The Labute approximate surface area is 158 Å². The molecule has 27 heavy (non-hydrogen) atoms. The van der Waals surface area contributed by atoms with Gasteiger partial charge in [-0.05, 0) is 42.8 Å². The molecular weight excluding hydrogens is 381 g/mol. The smallest absolute Gasteiger partial charge is 0.325 e. The largest absolute Gasteiger partial charge is 0.416 e. The lowest BCUT2D eigenvalue weighted by Crippen LogP contribution is -2.28. The van der Waals surface area contributed by atoms with Crippen LogP contribution in [-0.4, -0.2) is 18.4 Å². The summed E-state index contributed by atoms with van der Waals surface area (Å²) in [6, 6.07) is 9.59. The highest BCUT2D eigenvalue weighted by Crippen LogP contribution is 2.33. The molecule has 3 rings (SSSR count). The van der Waals surface area contributed by atoms with Crippen molar-refractivity contribution < 1.29 is 22.8 Å². The molecule has 8 heteroatoms. The molecule has 0 radical (unpaired) electrons. The van der Waals surface area contributed by atoms with Gasteiger partial charge in [0.2, 0.25) is 11.8 Å². The van der Waals surface area contributed by atoms with Gasteiger partial charge in [0, 0.05) is 29.4 Å². The van der Waals surface area contributed by atoms with Gasteiger partial charge in [-0.1, -0.05) is 23.7 Å². The Balaban J connectivity index is 1.75. The summed E-state index contributed by atoms with van der Waals surface area (Å²) < 4.78 is 38.7. The Kier molecular flexibility index (Phi) is 5.15. The number of carbonyl (C=O) groups is 2. The standard InChI is InChI=1S/C19H16ClF3N2O2/c1-11-5-6-14(20)9-16(11)24-18(27)12-7-17(26)25(10-12)15-4-2-3-13(8-15)19(21,22)23/h2-6,8-9,12H,7,10H2,1H3,(H,24,27)/t12-/m1/s1. The molecule has 0 spiro atoms. The third-order valence-corrected chi connectivity index (χ3v) is 4.67. The number of alkyl halides is 3. The van der Waals surface area contributed by atoms with Crippen molar-refractivity contribution in [3.05, 3.63) is 58.6 Å². The average molecular weight is 397 g/mol. The van der Waals surface area contributed by atoms with Crippen molar-refractivity contribution in [2.45, 2.75) is 19.5 Å². The van der Waals surface area contributed by atoms with E-state index in [1.807, 2.05) is 0 Å². The second-order valence-corrected chi connectivity index (χ2v) is 6.84. The number of anilines is 2. The van der Waals surface area contributed by atoms with E-state index in [2.05, 4.69) is 5.32 Å². The van der Waals surface area contributed by atoms with Crippen LogP contribution in [0.3, 0.4) is 0 Å². The zero-order valence-electron chi connectivity index (χ0n) is 14.3. The number of rotatable bonds is 3. The monoisotopic (exact) mass is 396 g/mol. The summed E-state index contributed by atoms with van der Waals surface area (Å²) in [5.41, 5.74) is 0.642. The first-order valence-corrected chi connectivity index (χ1v) is 8.57. The number of hydrogen-bond acceptors (Lipinski definition) is 2. The van der Waals surface area contributed by atoms with Crippen LogP contribution in [0, 0.1) is 12.8 Å². The first-order chi connectivity index (χ1) is 12.6. The summed E-state index contributed by atoms with van der Waals surface area (Å²) in [4.78, 5) is 26.0. The highest BCUT2D eigenvalue weighted by atomic mass is 35.5. The van der Waals surface area contributed by atoms with E-state index in [4.69, 9.17) is 11.6 Å². The maximum absolute atomic E-state index is 12.9. The zero-order chi connectivity index (χ0) is 19.8. The average Bonchev–Trinajstić information content (AvgIpc) is 2.99. The summed E-state index contributed by atoms with van der Waals surface area (Å²) >= 11 is 5.93. The topological polar surface area (TPSA) is 49.4 Å². The van der Waals surface area contributed by atoms with Crippen LogP contribution in [-0.2, 0) is 15.8 Å². The number of nitrogens with one attached hydrogen (secondary N) is 1. The Hall–Kier alpha value is -2.54. The van der Waals surface area contributed by atoms with Crippen molar-refractivity contribution in [2.75, 3.05) is 16.8 Å². The molecule has 1 atom stereocenters. The second-order valence-electron chi connectivity index (χ2n) is 6.40. The van der Waals surface area contributed by atoms with Crippen molar-refractivity contribution in [3.8, 4) is 0 Å². The van der Waals surface area contributed by atoms with E-state index in [1.54, 1.807) is 25.1 Å². The Morgan fingerprint density at radius 1 is 1.22 bits per heavy atom. The highest BCUT2D eigenvalue weighted by molar-refractivity contribution is 6.31. The van der Waals surface area contributed by atoms with E-state index in [-0.39, 0.29) is 24.6 Å². The number of amides is 2. The first-order valence-electron chi connectivity index (χ1n) is 8.20. The van der Waals surface area contributed by atoms with Crippen LogP contribution in [0.1, 0.15) is 17.5 Å². The van der Waals surface area contributed by atoms with Gasteiger partial charge >= 0.3 is 6.18 Å². The predicted octanol–water partition coefficient (Wildman–Crippen LogP) is 4.66. The van der Waals surface area contributed by atoms with Crippen LogP contribution < -0.4 is 10.2 Å². The first kappa shape index (κ1) is 19.2. The van der Waals surface area contributed by atoms with Crippen LogP contribution in [0.2, 0.25) is 5.02 Å². The molecule has 0 unspecified atom stereocenters. The van der Waals surface area contributed by atoms with Crippen LogP contribution in [0.5, 0.6) is 0 Å². The zero-order valence-corrected chi connectivity index (χ0v) is 15.1. The third kappa shape index (κ3) is 4.24. The summed E-state index contributed by atoms with van der Waals surface area (Å²) in [5, 5.41) is 3.20. The van der Waals surface area contributed by atoms with E-state index < -0.39 is 23.6 Å². The Morgan fingerprint density at radius 2 is 1.96 bits per heavy atom. The van der Waals surface area contributed by atoms with Gasteiger partial charge in [-0.2, -0.15) is 13.2 Å². The molecule has 2 aromatic rings. The van der Waals surface area contributed by atoms with Crippen molar-refractivity contribution in [2.24, 2.45) is 5.92 Å². The third-order valence-electron chi connectivity index (χ3n) is 4.44. The minimum atomic E-state index is -4.50. The number of carbonyl (C=O) groups excluding carboxylic acids is 2. The number of nitrogens with zero attached hydrogens (tertiary/aromatic N) is 1. The van der Waals surface area contributed by atoms with Crippen LogP contribution in [0.4, 0.5) is 24.5 Å². The van der Waals surface area contributed by atoms with Crippen LogP contribution >= 0.6 is 11.6 Å². The van der Waals surface area contributed by atoms with Gasteiger partial charge in [-0.15, -0.1) is 0 Å². The van der Waals surface area contributed by atoms with Crippen molar-refractivity contribution in [1.29, 1.82) is 0 Å². The molecule has 0 saturated carbocycles. The molecule has 1 saturated heterocycles. The molecule has 1 N–H and O–H groups in total. The van der Waals surface area contributed by atoms with E-state index in [1.165, 1.54) is 17.0 Å². The minimum absolute atomic E-state index is 0.0194. The van der Waals surface area contributed by atoms with Crippen molar-refractivity contribution in [1.82, 2.24) is 0 Å². The van der Waals surface area contributed by atoms with Gasteiger partial charge in [0.1, 0.15) is 0 Å². The molecule has 2 aromatic carbocycles. The van der Waals surface area contributed by atoms with Gasteiger partial charge in [0.25, 0.3) is 0 Å². The molecular formula is C19H16ClF3N2O2. The van der Waals surface area contributed by atoms with Crippen LogP contribution in [0.15, 0.2) is 42.5 Å². The lowest BCUT2D eigenvalue weighted by molar-refractivity contribution is -0.137. The molecule has 0 aliphatic carbocycles.